The van der Waals surface area contributed by atoms with Gasteiger partial charge < -0.3 is 5.32 Å². The van der Waals surface area contributed by atoms with E-state index < -0.39 is 0 Å². The van der Waals surface area contributed by atoms with Crippen molar-refractivity contribution in [3.63, 3.8) is 0 Å². The molecule has 1 heterocycles. The summed E-state index contributed by atoms with van der Waals surface area (Å²) in [6.45, 7) is 7.05. The topological polar surface area (TPSA) is 12.0 Å². The molecule has 1 aromatic rings. The first kappa shape index (κ1) is 13.1. The Morgan fingerprint density at radius 2 is 2.00 bits per heavy atom. The Morgan fingerprint density at radius 3 is 2.65 bits per heavy atom. The molecule has 1 aliphatic rings. The standard InChI is InChI=1S/C15H25NS/c1-11(2)13-7-4-5-8-14(13)16-12(3)15-9-6-10-17-15/h6,9-14,16H,4-5,7-8H2,1-3H3/t12-,13?,14?/m0/s1. The zero-order chi connectivity index (χ0) is 12.3. The molecule has 17 heavy (non-hydrogen) atoms. The van der Waals surface area contributed by atoms with E-state index >= 15 is 0 Å². The third-order valence-corrected chi connectivity index (χ3v) is 5.16. The Labute approximate surface area is 110 Å². The highest BCUT2D eigenvalue weighted by molar-refractivity contribution is 7.10. The van der Waals surface area contributed by atoms with Gasteiger partial charge in [0.2, 0.25) is 0 Å². The molecule has 1 N–H and O–H groups in total. The average Bonchev–Trinajstić information content (AvgIpc) is 2.83. The van der Waals surface area contributed by atoms with E-state index in [1.165, 1.54) is 30.6 Å². The highest BCUT2D eigenvalue weighted by atomic mass is 32.1. The van der Waals surface area contributed by atoms with Crippen molar-refractivity contribution in [3.05, 3.63) is 22.4 Å². The first-order valence-electron chi connectivity index (χ1n) is 6.98. The molecular weight excluding hydrogens is 226 g/mol. The summed E-state index contributed by atoms with van der Waals surface area (Å²) in [4.78, 5) is 1.47. The molecule has 3 atom stereocenters. The number of hydrogen-bond acceptors (Lipinski definition) is 2. The van der Waals surface area contributed by atoms with Crippen LogP contribution in [0.5, 0.6) is 0 Å². The van der Waals surface area contributed by atoms with E-state index in [1.54, 1.807) is 0 Å². The van der Waals surface area contributed by atoms with E-state index in [9.17, 15) is 0 Å². The fourth-order valence-electron chi connectivity index (χ4n) is 3.11. The highest BCUT2D eigenvalue weighted by Gasteiger charge is 2.28. The van der Waals surface area contributed by atoms with Crippen LogP contribution in [0.15, 0.2) is 17.5 Å². The monoisotopic (exact) mass is 251 g/mol. The first-order chi connectivity index (χ1) is 8.18. The Bertz CT molecular complexity index is 318. The highest BCUT2D eigenvalue weighted by Crippen LogP contribution is 2.32. The fourth-order valence-corrected chi connectivity index (χ4v) is 3.85. The second-order valence-electron chi connectivity index (χ2n) is 5.70. The molecule has 1 aromatic heterocycles. The van der Waals surface area contributed by atoms with Crippen LogP contribution in [0, 0.1) is 11.8 Å². The SMILES string of the molecule is CC(C)C1CCCCC1N[C@@H](C)c1cccs1. The average molecular weight is 251 g/mol. The van der Waals surface area contributed by atoms with Gasteiger partial charge in [-0.2, -0.15) is 0 Å². The summed E-state index contributed by atoms with van der Waals surface area (Å²) in [5, 5.41) is 6.04. The van der Waals surface area contributed by atoms with Gasteiger partial charge in [-0.3, -0.25) is 0 Å². The molecule has 1 aliphatic carbocycles. The zero-order valence-corrected chi connectivity index (χ0v) is 12.1. The normalized spacial score (nSPS) is 27.3. The molecule has 0 saturated heterocycles. The number of thiophene rings is 1. The largest absolute Gasteiger partial charge is 0.306 e. The summed E-state index contributed by atoms with van der Waals surface area (Å²) in [5.41, 5.74) is 0. The van der Waals surface area contributed by atoms with Gasteiger partial charge in [-0.1, -0.05) is 32.8 Å². The molecule has 2 rings (SSSR count). The van der Waals surface area contributed by atoms with Crippen molar-refractivity contribution in [1.82, 2.24) is 5.32 Å². The van der Waals surface area contributed by atoms with Crippen LogP contribution >= 0.6 is 11.3 Å². The Morgan fingerprint density at radius 1 is 1.24 bits per heavy atom. The number of rotatable bonds is 4. The van der Waals surface area contributed by atoms with Gasteiger partial charge >= 0.3 is 0 Å². The second-order valence-corrected chi connectivity index (χ2v) is 6.68. The minimum Gasteiger partial charge on any atom is -0.306 e. The third-order valence-electron chi connectivity index (χ3n) is 4.11. The lowest BCUT2D eigenvalue weighted by Crippen LogP contribution is -2.41. The van der Waals surface area contributed by atoms with Crippen LogP contribution in [0.4, 0.5) is 0 Å². The van der Waals surface area contributed by atoms with Crippen LogP contribution in [-0.2, 0) is 0 Å². The molecule has 0 radical (unpaired) electrons. The number of nitrogens with one attached hydrogen (secondary N) is 1. The summed E-state index contributed by atoms with van der Waals surface area (Å²) in [6, 6.07) is 5.63. The minimum atomic E-state index is 0.513. The van der Waals surface area contributed by atoms with E-state index in [1.807, 2.05) is 11.3 Å². The van der Waals surface area contributed by atoms with E-state index in [-0.39, 0.29) is 0 Å². The van der Waals surface area contributed by atoms with Crippen molar-refractivity contribution in [2.75, 3.05) is 0 Å². The van der Waals surface area contributed by atoms with Crippen molar-refractivity contribution in [2.24, 2.45) is 11.8 Å². The van der Waals surface area contributed by atoms with Crippen molar-refractivity contribution in [2.45, 2.75) is 58.5 Å². The van der Waals surface area contributed by atoms with Crippen LogP contribution in [0.3, 0.4) is 0 Å². The maximum atomic E-state index is 3.86. The summed E-state index contributed by atoms with van der Waals surface area (Å²) in [6.07, 6.45) is 5.59. The molecule has 0 spiro atoms. The van der Waals surface area contributed by atoms with E-state index in [0.717, 1.165) is 17.9 Å². The molecule has 1 nitrogen and oxygen atoms in total. The quantitative estimate of drug-likeness (QED) is 0.823. The molecule has 0 aromatic carbocycles. The van der Waals surface area contributed by atoms with E-state index in [4.69, 9.17) is 0 Å². The van der Waals surface area contributed by atoms with Gasteiger partial charge in [-0.25, -0.2) is 0 Å². The van der Waals surface area contributed by atoms with Gasteiger partial charge in [0.15, 0.2) is 0 Å². The molecule has 0 bridgehead atoms. The van der Waals surface area contributed by atoms with E-state index in [2.05, 4.69) is 43.6 Å². The van der Waals surface area contributed by atoms with Gasteiger partial charge in [0.05, 0.1) is 0 Å². The summed E-state index contributed by atoms with van der Waals surface area (Å²) in [7, 11) is 0. The van der Waals surface area contributed by atoms with Crippen molar-refractivity contribution >= 4 is 11.3 Å². The van der Waals surface area contributed by atoms with Crippen LogP contribution in [0.25, 0.3) is 0 Å². The summed E-state index contributed by atoms with van der Waals surface area (Å²) in [5.74, 6) is 1.68. The molecule has 1 saturated carbocycles. The molecule has 1 fully saturated rings. The fraction of sp³-hybridized carbons (Fsp3) is 0.733. The molecule has 96 valence electrons. The summed E-state index contributed by atoms with van der Waals surface area (Å²) >= 11 is 1.87. The second kappa shape index (κ2) is 6.01. The molecular formula is C15H25NS. The zero-order valence-electron chi connectivity index (χ0n) is 11.3. The van der Waals surface area contributed by atoms with E-state index in [0.29, 0.717) is 6.04 Å². The number of hydrogen-bond donors (Lipinski definition) is 1. The van der Waals surface area contributed by atoms with Crippen molar-refractivity contribution in [3.8, 4) is 0 Å². The lowest BCUT2D eigenvalue weighted by atomic mass is 9.77. The lowest BCUT2D eigenvalue weighted by molar-refractivity contribution is 0.195. The summed E-state index contributed by atoms with van der Waals surface area (Å²) < 4.78 is 0. The van der Waals surface area contributed by atoms with Crippen LogP contribution in [0.1, 0.15) is 57.4 Å². The third kappa shape index (κ3) is 3.32. The lowest BCUT2D eigenvalue weighted by Gasteiger charge is -2.36. The van der Waals surface area contributed by atoms with Gasteiger partial charge in [-0.05, 0) is 43.0 Å². The van der Waals surface area contributed by atoms with Gasteiger partial charge in [0.25, 0.3) is 0 Å². The Hall–Kier alpha value is -0.340. The van der Waals surface area contributed by atoms with Gasteiger partial charge in [0, 0.05) is 17.0 Å². The molecule has 0 aliphatic heterocycles. The smallest absolute Gasteiger partial charge is 0.0388 e. The van der Waals surface area contributed by atoms with Gasteiger partial charge in [-0.15, -0.1) is 11.3 Å². The minimum absolute atomic E-state index is 0.513. The predicted molar refractivity (Wildman–Crippen MR) is 76.5 cm³/mol. The Kier molecular flexibility index (Phi) is 4.63. The van der Waals surface area contributed by atoms with Crippen molar-refractivity contribution < 1.29 is 0 Å². The first-order valence-corrected chi connectivity index (χ1v) is 7.86. The molecule has 0 amide bonds. The molecule has 2 heteroatoms. The van der Waals surface area contributed by atoms with Crippen LogP contribution < -0.4 is 5.32 Å². The Balaban J connectivity index is 1.96. The van der Waals surface area contributed by atoms with Gasteiger partial charge in [0.1, 0.15) is 0 Å². The maximum absolute atomic E-state index is 3.86. The van der Waals surface area contributed by atoms with Crippen molar-refractivity contribution in [1.29, 1.82) is 0 Å². The maximum Gasteiger partial charge on any atom is 0.0388 e. The van der Waals surface area contributed by atoms with Crippen LogP contribution in [0.2, 0.25) is 0 Å². The molecule has 2 unspecified atom stereocenters. The predicted octanol–water partition coefficient (Wildman–Crippen LogP) is 4.61. The van der Waals surface area contributed by atoms with Crippen LogP contribution in [-0.4, -0.2) is 6.04 Å².